The van der Waals surface area contributed by atoms with Gasteiger partial charge in [0.05, 0.1) is 5.69 Å². The third kappa shape index (κ3) is 5.01. The van der Waals surface area contributed by atoms with Gasteiger partial charge in [0, 0.05) is 34.5 Å². The molecule has 0 atom stereocenters. The number of hydrogen-bond acceptors (Lipinski definition) is 6. The molecule has 1 saturated heterocycles. The largest absolute Gasteiger partial charge is 0.483 e. The van der Waals surface area contributed by atoms with Crippen LogP contribution in [0.4, 0.5) is 5.69 Å². The predicted molar refractivity (Wildman–Crippen MR) is 115 cm³/mol. The number of anilines is 1. The first-order valence-electron chi connectivity index (χ1n) is 8.64. The van der Waals surface area contributed by atoms with Crippen molar-refractivity contribution < 1.29 is 17.9 Å². The van der Waals surface area contributed by atoms with E-state index in [-0.39, 0.29) is 16.7 Å². The van der Waals surface area contributed by atoms with E-state index in [0.717, 1.165) is 21.9 Å². The van der Waals surface area contributed by atoms with Gasteiger partial charge >= 0.3 is 0 Å². The van der Waals surface area contributed by atoms with Crippen LogP contribution in [-0.4, -0.2) is 49.8 Å². The molecule has 1 aliphatic heterocycles. The molecule has 0 spiro atoms. The molecular weight excluding hydrogens is 440 g/mol. The number of benzene rings is 1. The normalized spacial score (nSPS) is 15.4. The Balaban J connectivity index is 1.65. The minimum atomic E-state index is -3.52. The quantitative estimate of drug-likeness (QED) is 0.710. The summed E-state index contributed by atoms with van der Waals surface area (Å²) in [6.07, 6.45) is 0. The molecule has 0 radical (unpaired) electrons. The molecule has 1 amide bonds. The highest BCUT2D eigenvalue weighted by Gasteiger charge is 2.28. The lowest BCUT2D eigenvalue weighted by molar-refractivity contribution is -0.118. The van der Waals surface area contributed by atoms with E-state index < -0.39 is 10.0 Å². The van der Waals surface area contributed by atoms with Crippen molar-refractivity contribution in [3.63, 3.8) is 0 Å². The van der Waals surface area contributed by atoms with Crippen LogP contribution in [0.1, 0.15) is 10.4 Å². The zero-order chi connectivity index (χ0) is 20.3. The summed E-state index contributed by atoms with van der Waals surface area (Å²) < 4.78 is 32.9. The highest BCUT2D eigenvalue weighted by atomic mass is 35.5. The highest BCUT2D eigenvalue weighted by molar-refractivity contribution is 7.99. The minimum absolute atomic E-state index is 0.177. The van der Waals surface area contributed by atoms with Crippen LogP contribution in [0.2, 0.25) is 5.02 Å². The van der Waals surface area contributed by atoms with Crippen molar-refractivity contribution in [3.8, 4) is 5.75 Å². The molecular formula is C18H21ClN2O4S3. The Morgan fingerprint density at radius 2 is 1.96 bits per heavy atom. The number of aryl methyl sites for hydroxylation is 2. The van der Waals surface area contributed by atoms with Crippen LogP contribution in [0.25, 0.3) is 0 Å². The van der Waals surface area contributed by atoms with Gasteiger partial charge in [-0.15, -0.1) is 11.3 Å². The first-order valence-corrected chi connectivity index (χ1v) is 12.4. The zero-order valence-electron chi connectivity index (χ0n) is 15.5. The fraction of sp³-hybridized carbons (Fsp3) is 0.389. The summed E-state index contributed by atoms with van der Waals surface area (Å²) >= 11 is 8.83. The average Bonchev–Trinajstić information content (AvgIpc) is 3.03. The molecule has 1 aromatic carbocycles. The van der Waals surface area contributed by atoms with Crippen LogP contribution in [-0.2, 0) is 14.8 Å². The fourth-order valence-corrected chi connectivity index (χ4v) is 7.08. The van der Waals surface area contributed by atoms with Crippen LogP contribution in [0, 0.1) is 13.8 Å². The van der Waals surface area contributed by atoms with Crippen molar-refractivity contribution in [3.05, 3.63) is 39.7 Å². The van der Waals surface area contributed by atoms with E-state index in [0.29, 0.717) is 29.5 Å². The Morgan fingerprint density at radius 3 is 2.64 bits per heavy atom. The molecule has 1 fully saturated rings. The molecule has 1 N–H and O–H groups in total. The number of carbonyl (C=O) groups excluding carboxylic acids is 1. The smallest absolute Gasteiger partial charge is 0.262 e. The molecule has 2 heterocycles. The molecule has 3 rings (SSSR count). The van der Waals surface area contributed by atoms with E-state index in [1.54, 1.807) is 36.9 Å². The monoisotopic (exact) mass is 460 g/mol. The Kier molecular flexibility index (Phi) is 6.93. The lowest BCUT2D eigenvalue weighted by atomic mass is 10.2. The van der Waals surface area contributed by atoms with Crippen LogP contribution in [0.3, 0.4) is 0 Å². The lowest BCUT2D eigenvalue weighted by Crippen LogP contribution is -2.37. The molecule has 2 aromatic rings. The first kappa shape index (κ1) is 21.4. The van der Waals surface area contributed by atoms with Crippen molar-refractivity contribution in [1.82, 2.24) is 4.31 Å². The maximum atomic E-state index is 12.8. The van der Waals surface area contributed by atoms with E-state index in [1.807, 2.05) is 6.92 Å². The number of sulfonamides is 1. The van der Waals surface area contributed by atoms with Gasteiger partial charge < -0.3 is 10.1 Å². The maximum Gasteiger partial charge on any atom is 0.262 e. The number of carbonyl (C=O) groups is 1. The van der Waals surface area contributed by atoms with E-state index in [1.165, 1.54) is 21.7 Å². The van der Waals surface area contributed by atoms with Gasteiger partial charge in [0.15, 0.2) is 6.61 Å². The third-order valence-electron chi connectivity index (χ3n) is 4.23. The molecule has 0 aliphatic carbocycles. The van der Waals surface area contributed by atoms with Gasteiger partial charge in [-0.3, -0.25) is 4.79 Å². The molecule has 0 bridgehead atoms. The van der Waals surface area contributed by atoms with Gasteiger partial charge in [-0.25, -0.2) is 8.42 Å². The van der Waals surface area contributed by atoms with E-state index in [9.17, 15) is 13.2 Å². The van der Waals surface area contributed by atoms with Crippen molar-refractivity contribution in [2.75, 3.05) is 36.5 Å². The van der Waals surface area contributed by atoms with Crippen LogP contribution >= 0.6 is 34.7 Å². The molecule has 28 heavy (non-hydrogen) atoms. The van der Waals surface area contributed by atoms with Gasteiger partial charge in [0.2, 0.25) is 0 Å². The average molecular weight is 461 g/mol. The van der Waals surface area contributed by atoms with E-state index in [4.69, 9.17) is 16.3 Å². The number of amides is 1. The third-order valence-corrected chi connectivity index (χ3v) is 8.81. The van der Waals surface area contributed by atoms with Crippen LogP contribution in [0.5, 0.6) is 5.75 Å². The summed E-state index contributed by atoms with van der Waals surface area (Å²) in [5.74, 6) is 1.82. The number of halogens is 1. The standard InChI is InChI=1S/C18H21ClN2O4S3/c1-12-9-14(19)3-4-16(12)25-11-17(22)20-15-10-18(27-13(15)2)28(23,24)21-5-7-26-8-6-21/h3-4,9-10H,5-8,11H2,1-2H3,(H,20,22). The summed E-state index contributed by atoms with van der Waals surface area (Å²) in [4.78, 5) is 13.0. The molecule has 10 heteroatoms. The second kappa shape index (κ2) is 9.04. The SMILES string of the molecule is Cc1cc(Cl)ccc1OCC(=O)Nc1cc(S(=O)(=O)N2CCSCC2)sc1C. The van der Waals surface area contributed by atoms with Crippen molar-refractivity contribution in [1.29, 1.82) is 0 Å². The Labute approximate surface area is 178 Å². The van der Waals surface area contributed by atoms with Gasteiger partial charge in [-0.2, -0.15) is 16.1 Å². The van der Waals surface area contributed by atoms with Crippen molar-refractivity contribution in [2.45, 2.75) is 18.1 Å². The molecule has 6 nitrogen and oxygen atoms in total. The number of ether oxygens (including phenoxy) is 1. The summed E-state index contributed by atoms with van der Waals surface area (Å²) in [7, 11) is -3.52. The Hall–Kier alpha value is -1.26. The molecule has 0 unspecified atom stereocenters. The van der Waals surface area contributed by atoms with Gasteiger partial charge in [0.1, 0.15) is 9.96 Å². The van der Waals surface area contributed by atoms with Crippen molar-refractivity contribution >= 4 is 56.3 Å². The van der Waals surface area contributed by atoms with Crippen LogP contribution in [0.15, 0.2) is 28.5 Å². The minimum Gasteiger partial charge on any atom is -0.483 e. The number of thiophene rings is 1. The first-order chi connectivity index (χ1) is 13.3. The van der Waals surface area contributed by atoms with Gasteiger partial charge in [-0.1, -0.05) is 11.6 Å². The van der Waals surface area contributed by atoms with Gasteiger partial charge in [0.25, 0.3) is 15.9 Å². The molecule has 1 aromatic heterocycles. The number of nitrogens with one attached hydrogen (secondary N) is 1. The van der Waals surface area contributed by atoms with Crippen molar-refractivity contribution in [2.24, 2.45) is 0 Å². The number of thioether (sulfide) groups is 1. The Bertz CT molecular complexity index is 969. The zero-order valence-corrected chi connectivity index (χ0v) is 18.7. The topological polar surface area (TPSA) is 75.7 Å². The highest BCUT2D eigenvalue weighted by Crippen LogP contribution is 2.32. The van der Waals surface area contributed by atoms with E-state index in [2.05, 4.69) is 5.32 Å². The summed E-state index contributed by atoms with van der Waals surface area (Å²) in [6, 6.07) is 6.69. The van der Waals surface area contributed by atoms with Gasteiger partial charge in [-0.05, 0) is 43.7 Å². The Morgan fingerprint density at radius 1 is 1.25 bits per heavy atom. The van der Waals surface area contributed by atoms with Crippen LogP contribution < -0.4 is 10.1 Å². The maximum absolute atomic E-state index is 12.8. The molecule has 1 aliphatic rings. The molecule has 0 saturated carbocycles. The second-order valence-electron chi connectivity index (χ2n) is 6.30. The lowest BCUT2D eigenvalue weighted by Gasteiger charge is -2.24. The molecule has 152 valence electrons. The number of hydrogen-bond donors (Lipinski definition) is 1. The number of nitrogens with zero attached hydrogens (tertiary/aromatic N) is 1. The summed E-state index contributed by atoms with van der Waals surface area (Å²) in [5, 5.41) is 3.34. The summed E-state index contributed by atoms with van der Waals surface area (Å²) in [5.41, 5.74) is 1.33. The fourth-order valence-electron chi connectivity index (χ4n) is 2.72. The summed E-state index contributed by atoms with van der Waals surface area (Å²) in [6.45, 7) is 4.48. The second-order valence-corrected chi connectivity index (χ2v) is 11.4. The number of rotatable bonds is 6. The predicted octanol–water partition coefficient (Wildman–Crippen LogP) is 3.77. The van der Waals surface area contributed by atoms with E-state index >= 15 is 0 Å².